The Bertz CT molecular complexity index is 1290. The fraction of sp³-hybridized carbons (Fsp3) is 0.680. The monoisotopic (exact) mass is 740 g/mol. The first-order valence-electron chi connectivity index (χ1n) is 15.0. The number of amides is 5. The lowest BCUT2D eigenvalue weighted by molar-refractivity contribution is -0.142. The number of guanidine groups is 2. The first kappa shape index (κ1) is 45.4. The van der Waals surface area contributed by atoms with Crippen LogP contribution in [0.4, 0.5) is 0 Å². The number of phosphoric ester groups is 1. The normalized spacial score (nSPS) is 15.3. The molecule has 0 aromatic heterocycles. The molecule has 0 spiro atoms. The van der Waals surface area contributed by atoms with Gasteiger partial charge in [0, 0.05) is 13.1 Å². The van der Waals surface area contributed by atoms with E-state index in [-0.39, 0.29) is 50.7 Å². The Balaban J connectivity index is 5.63. The summed E-state index contributed by atoms with van der Waals surface area (Å²) in [5.41, 5.74) is 26.7. The van der Waals surface area contributed by atoms with E-state index in [4.69, 9.17) is 38.5 Å². The van der Waals surface area contributed by atoms with Crippen LogP contribution >= 0.6 is 7.82 Å². The van der Waals surface area contributed by atoms with Crippen LogP contribution in [0.15, 0.2) is 9.98 Å². The molecule has 0 bridgehead atoms. The lowest BCUT2D eigenvalue weighted by Crippen LogP contribution is -2.59. The minimum atomic E-state index is -5.11. The van der Waals surface area contributed by atoms with E-state index in [1.165, 1.54) is 20.8 Å². The zero-order valence-electron chi connectivity index (χ0n) is 27.8. The van der Waals surface area contributed by atoms with Gasteiger partial charge in [-0.1, -0.05) is 0 Å². The molecular formula is C25H49N12O12P. The van der Waals surface area contributed by atoms with Gasteiger partial charge in [-0.3, -0.25) is 38.5 Å². The van der Waals surface area contributed by atoms with E-state index in [2.05, 4.69) is 41.1 Å². The van der Waals surface area contributed by atoms with Crippen molar-refractivity contribution in [3.63, 3.8) is 0 Å². The molecular weight excluding hydrogens is 691 g/mol. The Morgan fingerprint density at radius 1 is 0.680 bits per heavy atom. The minimum Gasteiger partial charge on any atom is -0.480 e. The topological polar surface area (TPSA) is 425 Å². The molecule has 0 fully saturated rings. The van der Waals surface area contributed by atoms with Crippen LogP contribution in [0.1, 0.15) is 46.5 Å². The second kappa shape index (κ2) is 22.2. The molecule has 0 radical (unpaired) electrons. The number of aliphatic carboxylic acids is 1. The highest BCUT2D eigenvalue weighted by molar-refractivity contribution is 7.46. The number of aliphatic hydroxyl groups excluding tert-OH is 1. The number of nitrogens with one attached hydrogen (secondary N) is 5. The second-order valence-electron chi connectivity index (χ2n) is 10.9. The molecule has 0 aromatic carbocycles. The Kier molecular flexibility index (Phi) is 20.1. The molecule has 0 heterocycles. The number of phosphoric acid groups is 1. The number of aliphatic hydroxyl groups is 1. The van der Waals surface area contributed by atoms with Gasteiger partial charge in [0.1, 0.15) is 36.3 Å². The predicted molar refractivity (Wildman–Crippen MR) is 176 cm³/mol. The first-order valence-corrected chi connectivity index (χ1v) is 16.6. The molecule has 0 aliphatic rings. The first-order chi connectivity index (χ1) is 23.0. The quantitative estimate of drug-likeness (QED) is 0.0200. The molecule has 0 saturated heterocycles. The molecule has 0 rings (SSSR count). The summed E-state index contributed by atoms with van der Waals surface area (Å²) in [6, 6.07) is -8.72. The number of carboxylic acid groups (broad SMARTS) is 1. The minimum absolute atomic E-state index is 0.0497. The van der Waals surface area contributed by atoms with Gasteiger partial charge in [-0.25, -0.2) is 9.36 Å². The lowest BCUT2D eigenvalue weighted by Gasteiger charge is -2.25. The zero-order chi connectivity index (χ0) is 38.8. The third-order valence-electron chi connectivity index (χ3n) is 6.51. The van der Waals surface area contributed by atoms with E-state index >= 15 is 0 Å². The number of hydrogen-bond acceptors (Lipinski definition) is 12. The van der Waals surface area contributed by atoms with Crippen molar-refractivity contribution in [3.8, 4) is 0 Å². The van der Waals surface area contributed by atoms with Gasteiger partial charge in [-0.05, 0) is 46.5 Å². The van der Waals surface area contributed by atoms with E-state index in [1.807, 2.05) is 0 Å². The number of nitrogens with zero attached hydrogens (tertiary/aromatic N) is 2. The van der Waals surface area contributed by atoms with Gasteiger partial charge in [0.05, 0.1) is 12.7 Å². The molecule has 25 heteroatoms. The molecule has 19 N–H and O–H groups in total. The molecule has 0 aliphatic carbocycles. The average molecular weight is 741 g/mol. The maximum atomic E-state index is 13.1. The Morgan fingerprint density at radius 3 is 1.52 bits per heavy atom. The van der Waals surface area contributed by atoms with Crippen molar-refractivity contribution >= 4 is 55.2 Å². The molecule has 7 atom stereocenters. The molecule has 24 nitrogen and oxygen atoms in total. The van der Waals surface area contributed by atoms with Crippen molar-refractivity contribution < 1.29 is 57.9 Å². The number of carbonyl (C=O) groups is 6. The maximum absolute atomic E-state index is 13.1. The summed E-state index contributed by atoms with van der Waals surface area (Å²) in [6.07, 6.45) is -1.08. The van der Waals surface area contributed by atoms with Gasteiger partial charge >= 0.3 is 13.8 Å². The molecule has 286 valence electrons. The van der Waals surface area contributed by atoms with E-state index in [0.717, 1.165) is 0 Å². The van der Waals surface area contributed by atoms with Crippen LogP contribution in [0, 0.1) is 0 Å². The number of carbonyl (C=O) groups excluding carboxylic acids is 5. The molecule has 0 unspecified atom stereocenters. The molecule has 5 amide bonds. The van der Waals surface area contributed by atoms with Gasteiger partial charge in [-0.2, -0.15) is 0 Å². The average Bonchev–Trinajstić information content (AvgIpc) is 3.00. The highest BCUT2D eigenvalue weighted by atomic mass is 31.2. The van der Waals surface area contributed by atoms with Crippen LogP contribution in [0.5, 0.6) is 0 Å². The molecule has 0 aliphatic heterocycles. The Labute approximate surface area is 287 Å². The summed E-state index contributed by atoms with van der Waals surface area (Å²) in [7, 11) is -5.11. The molecule has 0 aromatic rings. The van der Waals surface area contributed by atoms with Crippen molar-refractivity contribution in [1.82, 2.24) is 26.6 Å². The van der Waals surface area contributed by atoms with Crippen molar-refractivity contribution in [3.05, 3.63) is 0 Å². The third-order valence-corrected chi connectivity index (χ3v) is 6.99. The van der Waals surface area contributed by atoms with Crippen LogP contribution in [0.3, 0.4) is 0 Å². The number of nitrogens with two attached hydrogens (primary N) is 5. The van der Waals surface area contributed by atoms with Crippen LogP contribution in [-0.4, -0.2) is 129 Å². The summed E-state index contributed by atoms with van der Waals surface area (Å²) < 4.78 is 15.5. The summed E-state index contributed by atoms with van der Waals surface area (Å²) in [4.78, 5) is 101. The fourth-order valence-electron chi connectivity index (χ4n) is 3.73. The maximum Gasteiger partial charge on any atom is 0.469 e. The van der Waals surface area contributed by atoms with Crippen molar-refractivity contribution in [2.75, 3.05) is 19.7 Å². The zero-order valence-corrected chi connectivity index (χ0v) is 28.7. The Hall–Kier alpha value is -4.61. The van der Waals surface area contributed by atoms with Gasteiger partial charge in [0.15, 0.2) is 11.9 Å². The summed E-state index contributed by atoms with van der Waals surface area (Å²) in [5, 5.41) is 30.4. The van der Waals surface area contributed by atoms with Gasteiger partial charge in [0.25, 0.3) is 0 Å². The van der Waals surface area contributed by atoms with E-state index < -0.39 is 92.3 Å². The SMILES string of the molecule is C[C@H](NC(=O)[C@H](C)NC(=O)[C@H](COP(=O)(O)O)NC(=O)[C@@H](N)[C@@H](C)O)C(=O)N[C@@H](CCCN=C(N)N)C(=O)N[C@@H](CCCN=C(N)N)C(=O)O. The number of hydrogen-bond donors (Lipinski definition) is 14. The van der Waals surface area contributed by atoms with Crippen LogP contribution in [-0.2, 0) is 37.9 Å². The third kappa shape index (κ3) is 19.4. The van der Waals surface area contributed by atoms with E-state index in [0.29, 0.717) is 0 Å². The van der Waals surface area contributed by atoms with E-state index in [9.17, 15) is 43.5 Å². The highest BCUT2D eigenvalue weighted by Crippen LogP contribution is 2.35. The Morgan fingerprint density at radius 2 is 1.08 bits per heavy atom. The van der Waals surface area contributed by atoms with Crippen molar-refractivity contribution in [1.29, 1.82) is 0 Å². The van der Waals surface area contributed by atoms with Crippen LogP contribution < -0.4 is 55.3 Å². The van der Waals surface area contributed by atoms with Crippen molar-refractivity contribution in [2.24, 2.45) is 38.7 Å². The summed E-state index contributed by atoms with van der Waals surface area (Å²) >= 11 is 0. The highest BCUT2D eigenvalue weighted by Gasteiger charge is 2.32. The van der Waals surface area contributed by atoms with Crippen LogP contribution in [0.2, 0.25) is 0 Å². The largest absolute Gasteiger partial charge is 0.480 e. The van der Waals surface area contributed by atoms with Crippen molar-refractivity contribution in [2.45, 2.75) is 88.8 Å². The van der Waals surface area contributed by atoms with E-state index in [1.54, 1.807) is 0 Å². The van der Waals surface area contributed by atoms with Gasteiger partial charge in [-0.15, -0.1) is 0 Å². The molecule has 0 saturated carbocycles. The standard InChI is InChI=1S/C25H49N12O12P/c1-11(34-21(42)16(10-49-50(46,47)48)37-22(43)17(26)13(3)38)18(39)33-12(2)19(40)35-14(6-4-8-31-24(27)28)20(41)36-15(23(44)45)7-5-9-32-25(29)30/h11-17,38H,4-10,26H2,1-3H3,(H,33,39)(H,34,42)(H,35,40)(H,36,41)(H,37,43)(H,44,45)(H4,27,28,31)(H4,29,30,32)(H2,46,47,48)/t11-,12-,13+,14-,15-,16-,17-/m0/s1. The molecule has 50 heavy (non-hydrogen) atoms. The predicted octanol–water partition coefficient (Wildman–Crippen LogP) is -6.54. The lowest BCUT2D eigenvalue weighted by atomic mass is 10.1. The second-order valence-corrected chi connectivity index (χ2v) is 12.2. The van der Waals surface area contributed by atoms with Gasteiger partial charge < -0.3 is 75.3 Å². The van der Waals surface area contributed by atoms with Crippen LogP contribution in [0.25, 0.3) is 0 Å². The number of carboxylic acids is 1. The summed E-state index contributed by atoms with van der Waals surface area (Å²) in [5.74, 6) is -6.67. The number of rotatable bonds is 23. The summed E-state index contributed by atoms with van der Waals surface area (Å²) in [6.45, 7) is 2.73. The smallest absolute Gasteiger partial charge is 0.469 e. The fourth-order valence-corrected chi connectivity index (χ4v) is 4.07. The number of aliphatic imine (C=N–C) groups is 2. The van der Waals surface area contributed by atoms with Gasteiger partial charge in [0.2, 0.25) is 29.5 Å².